The third kappa shape index (κ3) is 4.60. The van der Waals surface area contributed by atoms with Crippen molar-refractivity contribution in [3.05, 3.63) is 64.7 Å². The normalized spacial score (nSPS) is 19.0. The van der Waals surface area contributed by atoms with Gasteiger partial charge in [-0.2, -0.15) is 0 Å². The Morgan fingerprint density at radius 1 is 0.929 bits per heavy atom. The first-order chi connectivity index (χ1) is 13.1. The number of likely N-dealkylation sites (tertiary alicyclic amines) is 1. The molecule has 0 spiro atoms. The van der Waals surface area contributed by atoms with Gasteiger partial charge in [-0.3, -0.25) is 4.90 Å². The second-order valence-corrected chi connectivity index (χ2v) is 10.4. The Kier molecular flexibility index (Phi) is 5.91. The van der Waals surface area contributed by atoms with Crippen LogP contribution >= 0.6 is 0 Å². The van der Waals surface area contributed by atoms with Crippen LogP contribution in [0.1, 0.15) is 89.1 Å². The Morgan fingerprint density at radius 2 is 1.61 bits per heavy atom. The Balaban J connectivity index is 2.00. The second-order valence-electron chi connectivity index (χ2n) is 10.4. The average Bonchev–Trinajstić information content (AvgIpc) is 2.62. The molecule has 3 rings (SSSR count). The molecule has 1 aliphatic heterocycles. The molecule has 1 N–H and O–H groups in total. The van der Waals surface area contributed by atoms with Gasteiger partial charge < -0.3 is 5.11 Å². The minimum absolute atomic E-state index is 0.0587. The molecule has 0 aliphatic carbocycles. The van der Waals surface area contributed by atoms with Crippen molar-refractivity contribution in [3.63, 3.8) is 0 Å². The van der Waals surface area contributed by atoms with Crippen molar-refractivity contribution >= 4 is 0 Å². The summed E-state index contributed by atoms with van der Waals surface area (Å²) < 4.78 is 0. The number of nitrogens with zero attached hydrogens (tertiary/aromatic N) is 1. The summed E-state index contributed by atoms with van der Waals surface area (Å²) in [6.07, 6.45) is 3.70. The van der Waals surface area contributed by atoms with Crippen LogP contribution in [0.2, 0.25) is 0 Å². The van der Waals surface area contributed by atoms with Gasteiger partial charge in [-0.25, -0.2) is 0 Å². The van der Waals surface area contributed by atoms with Gasteiger partial charge in [-0.1, -0.05) is 90.4 Å². The molecular weight excluding hydrogens is 342 g/mol. The van der Waals surface area contributed by atoms with E-state index in [2.05, 4.69) is 88.9 Å². The number of aromatic hydroxyl groups is 1. The summed E-state index contributed by atoms with van der Waals surface area (Å²) >= 11 is 0. The molecule has 0 saturated carbocycles. The zero-order chi connectivity index (χ0) is 20.5. The summed E-state index contributed by atoms with van der Waals surface area (Å²) in [6, 6.07) is 15.7. The molecule has 1 heterocycles. The van der Waals surface area contributed by atoms with Gasteiger partial charge in [-0.05, 0) is 46.9 Å². The third-order valence-corrected chi connectivity index (χ3v) is 6.03. The van der Waals surface area contributed by atoms with E-state index in [1.165, 1.54) is 30.4 Å². The van der Waals surface area contributed by atoms with Gasteiger partial charge in [0.1, 0.15) is 5.75 Å². The summed E-state index contributed by atoms with van der Waals surface area (Å²) in [4.78, 5) is 2.56. The van der Waals surface area contributed by atoms with Crippen molar-refractivity contribution in [3.8, 4) is 5.75 Å². The fourth-order valence-corrected chi connectivity index (χ4v) is 4.27. The molecular formula is C26H37NO. The molecule has 0 radical (unpaired) electrons. The van der Waals surface area contributed by atoms with Gasteiger partial charge in [-0.15, -0.1) is 0 Å². The van der Waals surface area contributed by atoms with Crippen LogP contribution in [0.3, 0.4) is 0 Å². The summed E-state index contributed by atoms with van der Waals surface area (Å²) in [5.74, 6) is 0.484. The fraction of sp³-hybridized carbons (Fsp3) is 0.538. The first-order valence-corrected chi connectivity index (χ1v) is 10.7. The molecule has 1 fully saturated rings. The minimum Gasteiger partial charge on any atom is -0.507 e. The molecule has 1 saturated heterocycles. The predicted molar refractivity (Wildman–Crippen MR) is 119 cm³/mol. The summed E-state index contributed by atoms with van der Waals surface area (Å²) in [7, 11) is 0. The fourth-order valence-electron chi connectivity index (χ4n) is 4.27. The van der Waals surface area contributed by atoms with Crippen LogP contribution < -0.4 is 0 Å². The smallest absolute Gasteiger partial charge is 0.123 e. The largest absolute Gasteiger partial charge is 0.507 e. The van der Waals surface area contributed by atoms with Crippen molar-refractivity contribution < 1.29 is 5.11 Å². The van der Waals surface area contributed by atoms with E-state index >= 15 is 0 Å². The number of hydrogen-bond acceptors (Lipinski definition) is 2. The summed E-state index contributed by atoms with van der Waals surface area (Å²) in [6.45, 7) is 15.2. The SMILES string of the molecule is CC(C)(C)c1cc(CN2CCCCC2c2ccccc2)c(O)c(C(C)(C)C)c1. The van der Waals surface area contributed by atoms with Crippen LogP contribution in [0, 0.1) is 0 Å². The maximum Gasteiger partial charge on any atom is 0.123 e. The number of phenols is 1. The standard InChI is InChI=1S/C26H37NO/c1-25(2,3)21-16-20(24(28)22(17-21)26(4,5)6)18-27-15-11-10-14-23(27)19-12-8-7-9-13-19/h7-9,12-13,16-17,23,28H,10-11,14-15,18H2,1-6H3. The van der Waals surface area contributed by atoms with Crippen molar-refractivity contribution in [1.29, 1.82) is 0 Å². The molecule has 1 atom stereocenters. The van der Waals surface area contributed by atoms with Crippen LogP contribution in [-0.4, -0.2) is 16.6 Å². The van der Waals surface area contributed by atoms with E-state index in [1.807, 2.05) is 0 Å². The quantitative estimate of drug-likeness (QED) is 0.640. The zero-order valence-electron chi connectivity index (χ0n) is 18.5. The highest BCUT2D eigenvalue weighted by Gasteiger charge is 2.28. The highest BCUT2D eigenvalue weighted by molar-refractivity contribution is 5.48. The van der Waals surface area contributed by atoms with E-state index in [1.54, 1.807) is 0 Å². The van der Waals surface area contributed by atoms with E-state index in [-0.39, 0.29) is 10.8 Å². The van der Waals surface area contributed by atoms with E-state index in [4.69, 9.17) is 0 Å². The minimum atomic E-state index is -0.0825. The number of piperidine rings is 1. The molecule has 0 amide bonds. The maximum atomic E-state index is 11.2. The molecule has 2 aromatic carbocycles. The van der Waals surface area contributed by atoms with Gasteiger partial charge in [0, 0.05) is 18.2 Å². The lowest BCUT2D eigenvalue weighted by atomic mass is 9.78. The average molecular weight is 380 g/mol. The third-order valence-electron chi connectivity index (χ3n) is 6.03. The Bertz CT molecular complexity index is 796. The Morgan fingerprint density at radius 3 is 2.21 bits per heavy atom. The van der Waals surface area contributed by atoms with Crippen LogP contribution in [-0.2, 0) is 17.4 Å². The number of phenolic OH excluding ortho intramolecular Hbond substituents is 1. The predicted octanol–water partition coefficient (Wildman–Crippen LogP) is 6.71. The topological polar surface area (TPSA) is 23.5 Å². The second kappa shape index (κ2) is 7.91. The van der Waals surface area contributed by atoms with Gasteiger partial charge in [0.2, 0.25) is 0 Å². The van der Waals surface area contributed by atoms with Crippen LogP contribution in [0.25, 0.3) is 0 Å². The van der Waals surface area contributed by atoms with Gasteiger partial charge >= 0.3 is 0 Å². The van der Waals surface area contributed by atoms with Gasteiger partial charge in [0.05, 0.1) is 0 Å². The van der Waals surface area contributed by atoms with Crippen molar-refractivity contribution in [2.45, 2.75) is 84.2 Å². The van der Waals surface area contributed by atoms with Crippen LogP contribution in [0.15, 0.2) is 42.5 Å². The molecule has 0 bridgehead atoms. The van der Waals surface area contributed by atoms with E-state index in [0.29, 0.717) is 11.8 Å². The molecule has 2 nitrogen and oxygen atoms in total. The zero-order valence-corrected chi connectivity index (χ0v) is 18.5. The van der Waals surface area contributed by atoms with Crippen LogP contribution in [0.5, 0.6) is 5.75 Å². The van der Waals surface area contributed by atoms with E-state index in [9.17, 15) is 5.11 Å². The monoisotopic (exact) mass is 379 g/mol. The summed E-state index contributed by atoms with van der Waals surface area (Å²) in [5, 5.41) is 11.2. The Labute approximate surface area is 171 Å². The number of rotatable bonds is 3. The van der Waals surface area contributed by atoms with Gasteiger partial charge in [0.25, 0.3) is 0 Å². The lowest BCUT2D eigenvalue weighted by Gasteiger charge is -2.37. The summed E-state index contributed by atoms with van der Waals surface area (Å²) in [5.41, 5.74) is 4.80. The molecule has 1 unspecified atom stereocenters. The van der Waals surface area contributed by atoms with Crippen LogP contribution in [0.4, 0.5) is 0 Å². The van der Waals surface area contributed by atoms with Crippen molar-refractivity contribution in [2.24, 2.45) is 0 Å². The van der Waals surface area contributed by atoms with Crippen molar-refractivity contribution in [1.82, 2.24) is 4.90 Å². The molecule has 1 aliphatic rings. The lowest BCUT2D eigenvalue weighted by Crippen LogP contribution is -2.33. The number of benzene rings is 2. The molecule has 0 aromatic heterocycles. The van der Waals surface area contributed by atoms with E-state index in [0.717, 1.165) is 24.2 Å². The number of hydrogen-bond donors (Lipinski definition) is 1. The van der Waals surface area contributed by atoms with E-state index < -0.39 is 0 Å². The highest BCUT2D eigenvalue weighted by atomic mass is 16.3. The first-order valence-electron chi connectivity index (χ1n) is 10.7. The Hall–Kier alpha value is -1.80. The molecule has 152 valence electrons. The van der Waals surface area contributed by atoms with Crippen molar-refractivity contribution in [2.75, 3.05) is 6.54 Å². The molecule has 2 heteroatoms. The van der Waals surface area contributed by atoms with Gasteiger partial charge in [0.15, 0.2) is 0 Å². The lowest BCUT2D eigenvalue weighted by molar-refractivity contribution is 0.139. The first kappa shape index (κ1) is 20.9. The molecule has 2 aromatic rings. The highest BCUT2D eigenvalue weighted by Crippen LogP contribution is 2.40. The maximum absolute atomic E-state index is 11.2. The molecule has 28 heavy (non-hydrogen) atoms.